The fraction of sp³-hybridized carbons (Fsp3) is 0.733. The fourth-order valence-electron chi connectivity index (χ4n) is 2.92. The first kappa shape index (κ1) is 15.0. The van der Waals surface area contributed by atoms with E-state index in [-0.39, 0.29) is 23.3 Å². The topological polar surface area (TPSA) is 67.2 Å². The first-order valence-electron chi connectivity index (χ1n) is 7.33. The molecule has 2 atom stereocenters. The molecule has 1 aliphatic heterocycles. The average Bonchev–Trinajstić information content (AvgIpc) is 2.81. The van der Waals surface area contributed by atoms with E-state index < -0.39 is 0 Å². The quantitative estimate of drug-likeness (QED) is 0.855. The third-order valence-electron chi connectivity index (χ3n) is 3.90. The van der Waals surface area contributed by atoms with Crippen LogP contribution in [0.2, 0.25) is 0 Å². The monoisotopic (exact) mass is 279 g/mol. The van der Waals surface area contributed by atoms with Gasteiger partial charge in [-0.3, -0.25) is 4.79 Å². The van der Waals surface area contributed by atoms with Gasteiger partial charge in [0.05, 0.1) is 12.0 Å². The van der Waals surface area contributed by atoms with Crippen molar-refractivity contribution in [3.63, 3.8) is 0 Å². The minimum atomic E-state index is -0.343. The summed E-state index contributed by atoms with van der Waals surface area (Å²) >= 11 is 0. The van der Waals surface area contributed by atoms with E-state index in [1.807, 2.05) is 6.20 Å². The van der Waals surface area contributed by atoms with Crippen LogP contribution in [-0.4, -0.2) is 33.2 Å². The van der Waals surface area contributed by atoms with Gasteiger partial charge in [-0.1, -0.05) is 13.8 Å². The smallest absolute Gasteiger partial charge is 0.224 e. The number of rotatable bonds is 5. The van der Waals surface area contributed by atoms with Crippen molar-refractivity contribution < 1.29 is 9.90 Å². The van der Waals surface area contributed by atoms with Crippen LogP contribution in [0.1, 0.15) is 39.4 Å². The van der Waals surface area contributed by atoms with Crippen LogP contribution >= 0.6 is 0 Å². The Morgan fingerprint density at radius 3 is 3.10 bits per heavy atom. The van der Waals surface area contributed by atoms with Crippen LogP contribution in [0.5, 0.6) is 0 Å². The molecule has 5 nitrogen and oxygen atoms in total. The highest BCUT2D eigenvalue weighted by Gasteiger charge is 2.27. The van der Waals surface area contributed by atoms with Crippen LogP contribution in [0, 0.1) is 11.3 Å². The number of hydrogen-bond donors (Lipinski definition) is 2. The van der Waals surface area contributed by atoms with E-state index in [1.165, 1.54) is 0 Å². The number of aliphatic hydroxyl groups excluding tert-OH is 1. The summed E-state index contributed by atoms with van der Waals surface area (Å²) in [4.78, 5) is 16.5. The molecule has 1 aromatic rings. The summed E-state index contributed by atoms with van der Waals surface area (Å²) in [6.07, 6.45) is 5.80. The van der Waals surface area contributed by atoms with Gasteiger partial charge in [0.15, 0.2) is 0 Å². The second-order valence-electron chi connectivity index (χ2n) is 6.67. The van der Waals surface area contributed by atoms with Crippen LogP contribution in [-0.2, 0) is 17.8 Å². The number of hydrogen-bond acceptors (Lipinski definition) is 3. The predicted molar refractivity (Wildman–Crippen MR) is 77.1 cm³/mol. The van der Waals surface area contributed by atoms with Crippen molar-refractivity contribution >= 4 is 5.91 Å². The molecule has 2 rings (SSSR count). The zero-order valence-corrected chi connectivity index (χ0v) is 12.6. The Labute approximate surface area is 120 Å². The molecule has 0 aliphatic carbocycles. The summed E-state index contributed by atoms with van der Waals surface area (Å²) in [7, 11) is 0. The van der Waals surface area contributed by atoms with Crippen LogP contribution in [0.15, 0.2) is 12.4 Å². The lowest BCUT2D eigenvalue weighted by molar-refractivity contribution is -0.126. The summed E-state index contributed by atoms with van der Waals surface area (Å²) in [6, 6.07) is 0. The molecule has 1 aromatic heterocycles. The maximum absolute atomic E-state index is 12.3. The summed E-state index contributed by atoms with van der Waals surface area (Å²) in [6.45, 7) is 7.23. The Morgan fingerprint density at radius 2 is 2.40 bits per heavy atom. The van der Waals surface area contributed by atoms with Crippen LogP contribution in [0.25, 0.3) is 0 Å². The molecular weight excluding hydrogens is 254 g/mol. The van der Waals surface area contributed by atoms with Gasteiger partial charge in [0.1, 0.15) is 5.82 Å². The van der Waals surface area contributed by atoms with Crippen molar-refractivity contribution in [1.82, 2.24) is 14.9 Å². The summed E-state index contributed by atoms with van der Waals surface area (Å²) in [5.74, 6) is 1.21. The number of fused-ring (bicyclic) bond motifs is 1. The molecule has 1 aliphatic rings. The van der Waals surface area contributed by atoms with E-state index in [4.69, 9.17) is 0 Å². The number of imidazole rings is 1. The maximum atomic E-state index is 12.3. The molecule has 0 saturated carbocycles. The van der Waals surface area contributed by atoms with Gasteiger partial charge in [-0.2, -0.15) is 0 Å². The molecule has 0 radical (unpaired) electrons. The second kappa shape index (κ2) is 5.95. The molecule has 20 heavy (non-hydrogen) atoms. The lowest BCUT2D eigenvalue weighted by atomic mass is 9.86. The second-order valence-corrected chi connectivity index (χ2v) is 6.67. The third-order valence-corrected chi connectivity index (χ3v) is 3.90. The number of nitrogens with one attached hydrogen (secondary N) is 1. The summed E-state index contributed by atoms with van der Waals surface area (Å²) in [5.41, 5.74) is -0.0847. The molecule has 0 fully saturated rings. The van der Waals surface area contributed by atoms with Crippen LogP contribution in [0.3, 0.4) is 0 Å². The molecule has 0 bridgehead atoms. The lowest BCUT2D eigenvalue weighted by Gasteiger charge is -2.28. The number of amides is 1. The fourth-order valence-corrected chi connectivity index (χ4v) is 2.92. The van der Waals surface area contributed by atoms with Crippen molar-refractivity contribution in [2.45, 2.75) is 52.7 Å². The van der Waals surface area contributed by atoms with Gasteiger partial charge in [0, 0.05) is 31.9 Å². The zero-order chi connectivity index (χ0) is 14.8. The third kappa shape index (κ3) is 3.82. The zero-order valence-electron chi connectivity index (χ0n) is 12.6. The molecule has 0 aromatic carbocycles. The van der Waals surface area contributed by atoms with E-state index >= 15 is 0 Å². The van der Waals surface area contributed by atoms with Gasteiger partial charge in [-0.05, 0) is 25.2 Å². The number of carbonyl (C=O) groups excluding carboxylic acids is 1. The Kier molecular flexibility index (Phi) is 4.48. The minimum Gasteiger partial charge on any atom is -0.393 e. The van der Waals surface area contributed by atoms with E-state index in [2.05, 4.69) is 28.7 Å². The molecule has 0 saturated heterocycles. The molecule has 1 amide bonds. The van der Waals surface area contributed by atoms with Crippen molar-refractivity contribution in [1.29, 1.82) is 0 Å². The van der Waals surface area contributed by atoms with Crippen LogP contribution in [0.4, 0.5) is 0 Å². The van der Waals surface area contributed by atoms with Gasteiger partial charge >= 0.3 is 0 Å². The number of aliphatic hydroxyl groups is 1. The Hall–Kier alpha value is -1.36. The molecule has 5 heteroatoms. The van der Waals surface area contributed by atoms with Crippen molar-refractivity contribution in [2.24, 2.45) is 11.3 Å². The Morgan fingerprint density at radius 1 is 1.65 bits per heavy atom. The molecule has 112 valence electrons. The van der Waals surface area contributed by atoms with E-state index in [9.17, 15) is 9.90 Å². The van der Waals surface area contributed by atoms with Crippen molar-refractivity contribution in [2.75, 3.05) is 6.54 Å². The van der Waals surface area contributed by atoms with Gasteiger partial charge in [-0.15, -0.1) is 0 Å². The first-order chi connectivity index (χ1) is 9.37. The van der Waals surface area contributed by atoms with Gasteiger partial charge < -0.3 is 15.0 Å². The molecule has 2 heterocycles. The van der Waals surface area contributed by atoms with E-state index in [0.717, 1.165) is 25.2 Å². The predicted octanol–water partition coefficient (Wildman–Crippen LogP) is 1.36. The maximum Gasteiger partial charge on any atom is 0.224 e. The summed E-state index contributed by atoms with van der Waals surface area (Å²) < 4.78 is 2.06. The van der Waals surface area contributed by atoms with Crippen molar-refractivity contribution in [3.05, 3.63) is 18.2 Å². The Balaban J connectivity index is 1.84. The van der Waals surface area contributed by atoms with Gasteiger partial charge in [0.2, 0.25) is 5.91 Å². The standard InChI is InChI=1S/C15H25N3O2/c1-11(19)8-15(2,3)10-17-14(20)12-4-5-13-16-6-7-18(13)9-12/h6-7,11-12,19H,4-5,8-10H2,1-3H3,(H,17,20). The first-order valence-corrected chi connectivity index (χ1v) is 7.33. The summed E-state index contributed by atoms with van der Waals surface area (Å²) in [5, 5.41) is 12.5. The molecular formula is C15H25N3O2. The van der Waals surface area contributed by atoms with E-state index in [0.29, 0.717) is 13.0 Å². The molecule has 2 unspecified atom stereocenters. The largest absolute Gasteiger partial charge is 0.393 e. The number of nitrogens with zero attached hydrogens (tertiary/aromatic N) is 2. The molecule has 0 spiro atoms. The normalized spacial score (nSPS) is 20.3. The minimum absolute atomic E-state index is 0.0269. The highest BCUT2D eigenvalue weighted by atomic mass is 16.3. The molecule has 2 N–H and O–H groups in total. The van der Waals surface area contributed by atoms with Crippen molar-refractivity contribution in [3.8, 4) is 0 Å². The lowest BCUT2D eigenvalue weighted by Crippen LogP contribution is -2.41. The SMILES string of the molecule is CC(O)CC(C)(C)CNC(=O)C1CCc2nccn2C1. The number of carbonyl (C=O) groups is 1. The van der Waals surface area contributed by atoms with Gasteiger partial charge in [0.25, 0.3) is 0 Å². The van der Waals surface area contributed by atoms with E-state index in [1.54, 1.807) is 13.1 Å². The highest BCUT2D eigenvalue weighted by Crippen LogP contribution is 2.22. The van der Waals surface area contributed by atoms with Crippen LogP contribution < -0.4 is 5.32 Å². The Bertz CT molecular complexity index is 465. The number of aromatic nitrogens is 2. The number of aryl methyl sites for hydroxylation is 1. The highest BCUT2D eigenvalue weighted by molar-refractivity contribution is 5.78. The van der Waals surface area contributed by atoms with Gasteiger partial charge in [-0.25, -0.2) is 4.98 Å². The average molecular weight is 279 g/mol.